The van der Waals surface area contributed by atoms with E-state index in [1.54, 1.807) is 11.3 Å². The third-order valence-electron chi connectivity index (χ3n) is 2.84. The van der Waals surface area contributed by atoms with Crippen LogP contribution >= 0.6 is 50.5 Å². The van der Waals surface area contributed by atoms with Gasteiger partial charge in [-0.3, -0.25) is 0 Å². The van der Waals surface area contributed by atoms with Crippen molar-refractivity contribution in [2.75, 3.05) is 6.54 Å². The zero-order valence-corrected chi connectivity index (χ0v) is 14.6. The monoisotopic (exact) mass is 377 g/mol. The van der Waals surface area contributed by atoms with Gasteiger partial charge in [-0.2, -0.15) is 0 Å². The predicted molar refractivity (Wildman–Crippen MR) is 88.7 cm³/mol. The molecule has 1 heterocycles. The molecule has 0 aliphatic carbocycles. The lowest BCUT2D eigenvalue weighted by molar-refractivity contribution is 0.639. The van der Waals surface area contributed by atoms with Gasteiger partial charge in [-0.25, -0.2) is 0 Å². The molecule has 1 nitrogen and oxygen atoms in total. The van der Waals surface area contributed by atoms with Crippen molar-refractivity contribution < 1.29 is 0 Å². The van der Waals surface area contributed by atoms with E-state index in [-0.39, 0.29) is 6.04 Å². The van der Waals surface area contributed by atoms with E-state index in [0.29, 0.717) is 0 Å². The minimum absolute atomic E-state index is 0.0752. The molecule has 102 valence electrons. The molecule has 0 aliphatic heterocycles. The summed E-state index contributed by atoms with van der Waals surface area (Å²) in [6, 6.07) is 8.11. The Kier molecular flexibility index (Phi) is 5.32. The molecule has 1 atom stereocenters. The summed E-state index contributed by atoms with van der Waals surface area (Å²) < 4.78 is 1.86. The van der Waals surface area contributed by atoms with Crippen molar-refractivity contribution in [1.29, 1.82) is 0 Å². The lowest BCUT2D eigenvalue weighted by Gasteiger charge is -2.18. The van der Waals surface area contributed by atoms with Gasteiger partial charge in [0.15, 0.2) is 0 Å². The van der Waals surface area contributed by atoms with Crippen LogP contribution in [0, 0.1) is 6.92 Å². The van der Waals surface area contributed by atoms with Crippen LogP contribution in [0.3, 0.4) is 0 Å². The van der Waals surface area contributed by atoms with E-state index < -0.39 is 0 Å². The third-order valence-corrected chi connectivity index (χ3v) is 5.30. The highest BCUT2D eigenvalue weighted by Gasteiger charge is 2.19. The Balaban J connectivity index is 2.47. The van der Waals surface area contributed by atoms with Gasteiger partial charge >= 0.3 is 0 Å². The highest BCUT2D eigenvalue weighted by atomic mass is 79.9. The molecule has 0 amide bonds. The molecule has 0 saturated heterocycles. The van der Waals surface area contributed by atoms with Crippen molar-refractivity contribution >= 4 is 50.5 Å². The van der Waals surface area contributed by atoms with Crippen molar-refractivity contribution in [2.24, 2.45) is 0 Å². The van der Waals surface area contributed by atoms with E-state index in [2.05, 4.69) is 40.3 Å². The smallest absolute Gasteiger partial charge is 0.0961 e. The number of halogens is 3. The van der Waals surface area contributed by atoms with Crippen LogP contribution in [0.5, 0.6) is 0 Å². The summed E-state index contributed by atoms with van der Waals surface area (Å²) in [5.74, 6) is 0. The average Bonchev–Trinajstić information content (AvgIpc) is 2.70. The summed E-state index contributed by atoms with van der Waals surface area (Å²) in [5, 5.41) is 4.23. The highest BCUT2D eigenvalue weighted by molar-refractivity contribution is 9.10. The van der Waals surface area contributed by atoms with Crippen LogP contribution in [0.25, 0.3) is 0 Å². The number of rotatable bonds is 4. The van der Waals surface area contributed by atoms with Gasteiger partial charge in [-0.15, -0.1) is 11.3 Å². The number of nitrogens with one attached hydrogen (secondary N) is 1. The van der Waals surface area contributed by atoms with Crippen LogP contribution in [0.15, 0.2) is 28.7 Å². The molecule has 0 saturated carbocycles. The number of benzene rings is 1. The lowest BCUT2D eigenvalue weighted by atomic mass is 10.0. The maximum atomic E-state index is 6.33. The van der Waals surface area contributed by atoms with E-state index in [0.717, 1.165) is 31.5 Å². The van der Waals surface area contributed by atoms with Crippen LogP contribution < -0.4 is 5.32 Å². The molecule has 1 aromatic carbocycles. The van der Waals surface area contributed by atoms with Gasteiger partial charge in [0, 0.05) is 14.4 Å². The second-order valence-electron chi connectivity index (χ2n) is 4.26. The van der Waals surface area contributed by atoms with Crippen LogP contribution in [0.2, 0.25) is 9.36 Å². The predicted octanol–water partition coefficient (Wildman–Crippen LogP) is 5.82. The fraction of sp³-hybridized carbons (Fsp3) is 0.286. The van der Waals surface area contributed by atoms with Gasteiger partial charge in [0.1, 0.15) is 0 Å². The average molecular weight is 379 g/mol. The number of hydrogen-bond acceptors (Lipinski definition) is 2. The third kappa shape index (κ3) is 3.53. The second kappa shape index (κ2) is 6.59. The Labute approximate surface area is 136 Å². The molecule has 5 heteroatoms. The first kappa shape index (κ1) is 15.3. The standard InChI is InChI=1S/C14H14BrCl2NS/c1-3-18-13(12-6-8(2)14(17)19-12)10-7-9(15)4-5-11(10)16/h4-7,13,18H,3H2,1-2H3. The fourth-order valence-electron chi connectivity index (χ4n) is 1.93. The van der Waals surface area contributed by atoms with Gasteiger partial charge in [0.05, 0.1) is 10.4 Å². The normalized spacial score (nSPS) is 12.7. The van der Waals surface area contributed by atoms with Crippen molar-refractivity contribution in [3.63, 3.8) is 0 Å². The fourth-order valence-corrected chi connectivity index (χ4v) is 3.85. The van der Waals surface area contributed by atoms with Crippen molar-refractivity contribution in [2.45, 2.75) is 19.9 Å². The Bertz CT molecular complexity index is 563. The molecule has 1 aromatic heterocycles. The molecule has 0 bridgehead atoms. The largest absolute Gasteiger partial charge is 0.306 e. The van der Waals surface area contributed by atoms with Crippen LogP contribution in [0.1, 0.15) is 29.0 Å². The number of thiophene rings is 1. The Morgan fingerprint density at radius 3 is 2.63 bits per heavy atom. The molecular weight excluding hydrogens is 365 g/mol. The summed E-state index contributed by atoms with van der Waals surface area (Å²) >= 11 is 17.6. The zero-order chi connectivity index (χ0) is 14.0. The number of aryl methyl sites for hydroxylation is 1. The van der Waals surface area contributed by atoms with Gasteiger partial charge in [-0.1, -0.05) is 46.1 Å². The molecule has 0 aliphatic rings. The van der Waals surface area contributed by atoms with E-state index in [4.69, 9.17) is 23.2 Å². The molecule has 19 heavy (non-hydrogen) atoms. The van der Waals surface area contributed by atoms with Gasteiger partial charge in [0.2, 0.25) is 0 Å². The molecule has 2 rings (SSSR count). The molecule has 0 fully saturated rings. The van der Waals surface area contributed by atoms with E-state index in [1.165, 1.54) is 4.88 Å². The van der Waals surface area contributed by atoms with Gasteiger partial charge < -0.3 is 5.32 Å². The first-order chi connectivity index (χ1) is 9.02. The molecule has 1 unspecified atom stereocenters. The maximum absolute atomic E-state index is 6.33. The SMILES string of the molecule is CCNC(c1cc(C)c(Cl)s1)c1cc(Br)ccc1Cl. The summed E-state index contributed by atoms with van der Waals surface area (Å²) in [4.78, 5) is 1.18. The summed E-state index contributed by atoms with van der Waals surface area (Å²) in [6.07, 6.45) is 0. The maximum Gasteiger partial charge on any atom is 0.0961 e. The van der Waals surface area contributed by atoms with Crippen molar-refractivity contribution in [1.82, 2.24) is 5.32 Å². The minimum Gasteiger partial charge on any atom is -0.306 e. The first-order valence-corrected chi connectivity index (χ1v) is 8.33. The summed E-state index contributed by atoms with van der Waals surface area (Å²) in [6.45, 7) is 4.97. The Morgan fingerprint density at radius 1 is 1.32 bits per heavy atom. The minimum atomic E-state index is 0.0752. The topological polar surface area (TPSA) is 12.0 Å². The summed E-state index contributed by atoms with van der Waals surface area (Å²) in [7, 11) is 0. The highest BCUT2D eigenvalue weighted by Crippen LogP contribution is 2.37. The van der Waals surface area contributed by atoms with Crippen molar-refractivity contribution in [3.8, 4) is 0 Å². The molecule has 2 aromatic rings. The van der Waals surface area contributed by atoms with Crippen LogP contribution in [-0.4, -0.2) is 6.54 Å². The van der Waals surface area contributed by atoms with Gasteiger partial charge in [-0.05, 0) is 48.9 Å². The second-order valence-corrected chi connectivity index (χ2v) is 7.27. The van der Waals surface area contributed by atoms with E-state index >= 15 is 0 Å². The molecule has 0 radical (unpaired) electrons. The Hall–Kier alpha value is -0.0600. The van der Waals surface area contributed by atoms with Crippen LogP contribution in [0.4, 0.5) is 0 Å². The quantitative estimate of drug-likeness (QED) is 0.706. The molecular formula is C14H14BrCl2NS. The molecule has 1 N–H and O–H groups in total. The van der Waals surface area contributed by atoms with Gasteiger partial charge in [0.25, 0.3) is 0 Å². The zero-order valence-electron chi connectivity index (χ0n) is 10.6. The van der Waals surface area contributed by atoms with Crippen LogP contribution in [-0.2, 0) is 0 Å². The Morgan fingerprint density at radius 2 is 2.05 bits per heavy atom. The van der Waals surface area contributed by atoms with E-state index in [1.807, 2.05) is 19.1 Å². The van der Waals surface area contributed by atoms with E-state index in [9.17, 15) is 0 Å². The molecule has 0 spiro atoms. The van der Waals surface area contributed by atoms with Crippen molar-refractivity contribution in [3.05, 3.63) is 54.1 Å². The lowest BCUT2D eigenvalue weighted by Crippen LogP contribution is -2.21. The first-order valence-electron chi connectivity index (χ1n) is 5.97. The number of hydrogen-bond donors (Lipinski definition) is 1. The summed E-state index contributed by atoms with van der Waals surface area (Å²) in [5.41, 5.74) is 2.17.